The van der Waals surface area contributed by atoms with Gasteiger partial charge in [-0.2, -0.15) is 0 Å². The second kappa shape index (κ2) is 13.6. The second-order valence-electron chi connectivity index (χ2n) is 7.20. The van der Waals surface area contributed by atoms with E-state index in [2.05, 4.69) is 27.8 Å². The topological polar surface area (TPSA) is 53.4 Å². The molecule has 2 aromatic rings. The number of unbranched alkanes of at least 4 members (excludes halogenated alkanes) is 3. The Labute approximate surface area is 174 Å². The van der Waals surface area contributed by atoms with Crippen molar-refractivity contribution in [3.8, 4) is 5.75 Å². The molecule has 0 saturated carbocycles. The Morgan fingerprint density at radius 3 is 2.62 bits per heavy atom. The van der Waals surface area contributed by atoms with Crippen LogP contribution in [0.3, 0.4) is 0 Å². The summed E-state index contributed by atoms with van der Waals surface area (Å²) in [6, 6.07) is 8.32. The fourth-order valence-corrected chi connectivity index (χ4v) is 3.30. The van der Waals surface area contributed by atoms with Crippen LogP contribution in [0, 0.1) is 0 Å². The van der Waals surface area contributed by atoms with Crippen LogP contribution in [0.1, 0.15) is 57.4 Å². The summed E-state index contributed by atoms with van der Waals surface area (Å²) in [5.41, 5.74) is 2.79. The summed E-state index contributed by atoms with van der Waals surface area (Å²) in [6.45, 7) is 3.21. The Kier molecular flexibility index (Phi) is 10.6. The van der Waals surface area contributed by atoms with E-state index in [1.807, 2.05) is 37.8 Å². The molecule has 0 aliphatic heterocycles. The molecule has 0 amide bonds. The number of ether oxygens (including phenoxy) is 2. The van der Waals surface area contributed by atoms with Crippen molar-refractivity contribution in [2.45, 2.75) is 64.8 Å². The van der Waals surface area contributed by atoms with Crippen LogP contribution in [0.5, 0.6) is 5.75 Å². The van der Waals surface area contributed by atoms with Crippen molar-refractivity contribution in [2.24, 2.45) is 0 Å². The summed E-state index contributed by atoms with van der Waals surface area (Å²) in [4.78, 5) is 15.5. The number of aromatic nitrogens is 2. The van der Waals surface area contributed by atoms with Crippen molar-refractivity contribution in [3.63, 3.8) is 0 Å². The highest BCUT2D eigenvalue weighted by Gasteiger charge is 2.03. The summed E-state index contributed by atoms with van der Waals surface area (Å²) in [7, 11) is 1.69. The predicted octanol–water partition coefficient (Wildman–Crippen LogP) is 5.35. The normalized spacial score (nSPS) is 11.4. The van der Waals surface area contributed by atoms with Crippen LogP contribution in [-0.2, 0) is 22.5 Å². The maximum absolute atomic E-state index is 11.4. The minimum atomic E-state index is -0.0811. The quantitative estimate of drug-likeness (QED) is 0.244. The van der Waals surface area contributed by atoms with Crippen molar-refractivity contribution in [2.75, 3.05) is 13.7 Å². The average molecular weight is 399 g/mol. The molecule has 0 atom stereocenters. The molecule has 0 fully saturated rings. The van der Waals surface area contributed by atoms with Gasteiger partial charge in [0, 0.05) is 25.4 Å². The zero-order valence-corrected chi connectivity index (χ0v) is 17.8. The van der Waals surface area contributed by atoms with Gasteiger partial charge in [0.05, 0.1) is 20.0 Å². The number of carbonyl (C=O) groups is 1. The number of carbonyl (C=O) groups excluding carboxylic acids is 1. The monoisotopic (exact) mass is 398 g/mol. The number of hydrogen-bond acceptors (Lipinski definition) is 4. The van der Waals surface area contributed by atoms with Crippen molar-refractivity contribution >= 4 is 5.97 Å². The van der Waals surface area contributed by atoms with E-state index in [1.165, 1.54) is 11.1 Å². The molecule has 0 spiro atoms. The van der Waals surface area contributed by atoms with Crippen LogP contribution in [0.25, 0.3) is 0 Å². The number of aryl methyl sites for hydroxylation is 1. The van der Waals surface area contributed by atoms with Gasteiger partial charge in [-0.15, -0.1) is 0 Å². The van der Waals surface area contributed by atoms with E-state index in [0.29, 0.717) is 13.0 Å². The first kappa shape index (κ1) is 22.7. The molecule has 1 heterocycles. The number of nitrogens with zero attached hydrogens (tertiary/aromatic N) is 2. The van der Waals surface area contributed by atoms with Gasteiger partial charge in [0.15, 0.2) is 0 Å². The minimum Gasteiger partial charge on any atom is -0.497 e. The molecule has 2 rings (SSSR count). The molecule has 5 nitrogen and oxygen atoms in total. The third-order valence-electron chi connectivity index (χ3n) is 4.89. The number of imidazole rings is 1. The second-order valence-corrected chi connectivity index (χ2v) is 7.20. The average Bonchev–Trinajstić information content (AvgIpc) is 3.24. The Morgan fingerprint density at radius 2 is 1.93 bits per heavy atom. The van der Waals surface area contributed by atoms with Gasteiger partial charge < -0.3 is 14.0 Å². The van der Waals surface area contributed by atoms with E-state index < -0.39 is 0 Å². The van der Waals surface area contributed by atoms with Crippen LogP contribution in [-0.4, -0.2) is 29.2 Å². The van der Waals surface area contributed by atoms with E-state index >= 15 is 0 Å². The number of esters is 1. The summed E-state index contributed by atoms with van der Waals surface area (Å²) >= 11 is 0. The van der Waals surface area contributed by atoms with Crippen LogP contribution in [0.15, 0.2) is 54.6 Å². The fourth-order valence-electron chi connectivity index (χ4n) is 3.30. The lowest BCUT2D eigenvalue weighted by Gasteiger charge is -2.10. The lowest BCUT2D eigenvalue weighted by atomic mass is 10.0. The highest BCUT2D eigenvalue weighted by Crippen LogP contribution is 2.17. The number of rotatable bonds is 14. The number of hydrogen-bond donors (Lipinski definition) is 0. The van der Waals surface area contributed by atoms with E-state index in [-0.39, 0.29) is 5.97 Å². The zero-order chi connectivity index (χ0) is 20.7. The summed E-state index contributed by atoms with van der Waals surface area (Å²) in [5, 5.41) is 0. The summed E-state index contributed by atoms with van der Waals surface area (Å²) in [5.74, 6) is 0.819. The molecule has 0 unspecified atom stereocenters. The molecule has 0 aliphatic rings. The molecule has 158 valence electrons. The molecular weight excluding hydrogens is 364 g/mol. The molecule has 0 radical (unpaired) electrons. The largest absolute Gasteiger partial charge is 0.497 e. The molecule has 1 aromatic carbocycles. The first-order chi connectivity index (χ1) is 14.2. The minimum absolute atomic E-state index is 0.0811. The maximum atomic E-state index is 11.4. The number of methoxy groups -OCH3 is 1. The van der Waals surface area contributed by atoms with E-state index in [9.17, 15) is 4.79 Å². The van der Waals surface area contributed by atoms with Crippen molar-refractivity contribution < 1.29 is 14.3 Å². The first-order valence-electron chi connectivity index (χ1n) is 10.6. The lowest BCUT2D eigenvalue weighted by molar-refractivity contribution is -0.143. The van der Waals surface area contributed by atoms with Crippen molar-refractivity contribution in [3.05, 3.63) is 60.2 Å². The van der Waals surface area contributed by atoms with Gasteiger partial charge in [-0.25, -0.2) is 4.98 Å². The number of allylic oxidation sites excluding steroid dienone is 2. The van der Waals surface area contributed by atoms with Gasteiger partial charge in [0.2, 0.25) is 0 Å². The molecule has 5 heteroatoms. The lowest BCUT2D eigenvalue weighted by Crippen LogP contribution is -2.03. The Hall–Kier alpha value is -2.56. The van der Waals surface area contributed by atoms with Crippen LogP contribution in [0.2, 0.25) is 0 Å². The van der Waals surface area contributed by atoms with Crippen LogP contribution >= 0.6 is 0 Å². The van der Waals surface area contributed by atoms with Crippen molar-refractivity contribution in [1.82, 2.24) is 9.55 Å². The van der Waals surface area contributed by atoms with E-state index in [1.54, 1.807) is 7.11 Å². The highest BCUT2D eigenvalue weighted by atomic mass is 16.5. The smallest absolute Gasteiger partial charge is 0.305 e. The van der Waals surface area contributed by atoms with Gasteiger partial charge in [0.25, 0.3) is 0 Å². The number of benzene rings is 1. The Morgan fingerprint density at radius 1 is 1.10 bits per heavy atom. The maximum Gasteiger partial charge on any atom is 0.305 e. The molecule has 0 saturated heterocycles. The molecule has 1 aromatic heterocycles. The third-order valence-corrected chi connectivity index (χ3v) is 4.89. The van der Waals surface area contributed by atoms with Gasteiger partial charge >= 0.3 is 5.97 Å². The summed E-state index contributed by atoms with van der Waals surface area (Å²) in [6.07, 6.45) is 16.0. The SMILES string of the molecule is CCOC(=O)CCCCC/C=C(/CCCc1ccc(OC)cc1)Cn1ccnc1. The Balaban J connectivity index is 1.76. The molecular formula is C24H34N2O3. The standard InChI is InChI=1S/C24H34N2O3/c1-3-29-24(27)12-7-5-4-6-9-22(19-26-18-17-25-20-26)11-8-10-21-13-15-23(28-2)16-14-21/h9,13-18,20H,3-8,10-12,19H2,1-2H3/b22-9-. The molecule has 29 heavy (non-hydrogen) atoms. The predicted molar refractivity (Wildman–Crippen MR) is 116 cm³/mol. The summed E-state index contributed by atoms with van der Waals surface area (Å²) < 4.78 is 12.3. The van der Waals surface area contributed by atoms with E-state index in [4.69, 9.17) is 9.47 Å². The van der Waals surface area contributed by atoms with Crippen LogP contribution < -0.4 is 4.74 Å². The fraction of sp³-hybridized carbons (Fsp3) is 0.500. The Bertz CT molecular complexity index is 721. The van der Waals surface area contributed by atoms with Gasteiger partial charge in [-0.3, -0.25) is 4.79 Å². The zero-order valence-electron chi connectivity index (χ0n) is 17.8. The van der Waals surface area contributed by atoms with Gasteiger partial charge in [-0.05, 0) is 63.1 Å². The van der Waals surface area contributed by atoms with E-state index in [0.717, 1.165) is 57.2 Å². The third kappa shape index (κ3) is 9.46. The van der Waals surface area contributed by atoms with Gasteiger partial charge in [-0.1, -0.05) is 30.2 Å². The van der Waals surface area contributed by atoms with Crippen LogP contribution in [0.4, 0.5) is 0 Å². The first-order valence-corrected chi connectivity index (χ1v) is 10.6. The van der Waals surface area contributed by atoms with Gasteiger partial charge in [0.1, 0.15) is 5.75 Å². The van der Waals surface area contributed by atoms with Crippen molar-refractivity contribution in [1.29, 1.82) is 0 Å². The molecule has 0 aliphatic carbocycles. The molecule has 0 N–H and O–H groups in total. The highest BCUT2D eigenvalue weighted by molar-refractivity contribution is 5.69. The molecule has 0 bridgehead atoms.